The van der Waals surface area contributed by atoms with Gasteiger partial charge in [-0.2, -0.15) is 0 Å². The number of hydrogen-bond acceptors (Lipinski definition) is 0. The van der Waals surface area contributed by atoms with Crippen LogP contribution in [0.5, 0.6) is 0 Å². The van der Waals surface area contributed by atoms with E-state index in [2.05, 4.69) is 106 Å². The molecular weight excluding hydrogens is 319 g/mol. The van der Waals surface area contributed by atoms with Crippen molar-refractivity contribution < 1.29 is 0 Å². The highest BCUT2D eigenvalue weighted by Gasteiger charge is 2.31. The Balaban J connectivity index is 2.14. The van der Waals surface area contributed by atoms with Crippen LogP contribution in [0.3, 0.4) is 0 Å². The fourth-order valence-electron chi connectivity index (χ4n) is 3.72. The Kier molecular flexibility index (Phi) is 5.71. The van der Waals surface area contributed by atoms with E-state index >= 15 is 0 Å². The van der Waals surface area contributed by atoms with Crippen LogP contribution in [-0.2, 0) is 6.42 Å². The van der Waals surface area contributed by atoms with Gasteiger partial charge in [0.15, 0.2) is 0 Å². The smallest absolute Gasteiger partial charge is 0.0196 e. The van der Waals surface area contributed by atoms with Crippen molar-refractivity contribution in [2.24, 2.45) is 5.92 Å². The van der Waals surface area contributed by atoms with Crippen LogP contribution in [0.2, 0.25) is 0 Å². The molecule has 0 aliphatic heterocycles. The van der Waals surface area contributed by atoms with Gasteiger partial charge in [-0.1, -0.05) is 106 Å². The fraction of sp³-hybridized carbons (Fsp3) is 0.250. The molecule has 3 rings (SSSR count). The van der Waals surface area contributed by atoms with E-state index in [0.29, 0.717) is 5.92 Å². The van der Waals surface area contributed by atoms with Gasteiger partial charge in [0.05, 0.1) is 0 Å². The SMILES string of the molecule is CC[P](c1ccccc1)(c1ccccc1)c1ccc(CC(C)C)cc1. The maximum Gasteiger partial charge on any atom is -0.0196 e. The van der Waals surface area contributed by atoms with E-state index in [1.807, 2.05) is 0 Å². The summed E-state index contributed by atoms with van der Waals surface area (Å²) in [5.41, 5.74) is 1.44. The predicted octanol–water partition coefficient (Wildman–Crippen LogP) is 5.20. The molecule has 3 aromatic carbocycles. The maximum absolute atomic E-state index is 2.38. The van der Waals surface area contributed by atoms with Crippen molar-refractivity contribution in [3.63, 3.8) is 0 Å². The Labute approximate surface area is 153 Å². The summed E-state index contributed by atoms with van der Waals surface area (Å²) < 4.78 is 0. The van der Waals surface area contributed by atoms with E-state index in [4.69, 9.17) is 0 Å². The molecule has 129 valence electrons. The van der Waals surface area contributed by atoms with E-state index in [9.17, 15) is 0 Å². The van der Waals surface area contributed by atoms with Crippen molar-refractivity contribution in [3.05, 3.63) is 90.5 Å². The van der Waals surface area contributed by atoms with Crippen molar-refractivity contribution in [1.82, 2.24) is 0 Å². The average Bonchev–Trinajstić information content (AvgIpc) is 2.65. The standard InChI is InChI=1S/C24H28P/c1-4-25(22-11-7-5-8-12-22,23-13-9-6-10-14-23)24-17-15-21(16-18-24)19-20(2)3/h5-18,20H,4,19H2,1-3H3. The average molecular weight is 347 g/mol. The van der Waals surface area contributed by atoms with Crippen LogP contribution in [0.1, 0.15) is 26.3 Å². The molecule has 0 atom stereocenters. The zero-order valence-corrected chi connectivity index (χ0v) is 16.4. The molecule has 0 saturated heterocycles. The molecule has 3 aromatic rings. The molecule has 0 bridgehead atoms. The van der Waals surface area contributed by atoms with Crippen molar-refractivity contribution in [1.29, 1.82) is 0 Å². The van der Waals surface area contributed by atoms with Gasteiger partial charge in [-0.25, -0.2) is 0 Å². The van der Waals surface area contributed by atoms with Gasteiger partial charge in [-0.15, -0.1) is 0 Å². The molecule has 0 aromatic heterocycles. The van der Waals surface area contributed by atoms with Crippen LogP contribution in [0.15, 0.2) is 84.9 Å². The second-order valence-corrected chi connectivity index (χ2v) is 10.9. The van der Waals surface area contributed by atoms with Crippen LogP contribution in [0.25, 0.3) is 0 Å². The molecule has 0 amide bonds. The van der Waals surface area contributed by atoms with E-state index in [1.54, 1.807) is 0 Å². The first-order valence-electron chi connectivity index (χ1n) is 9.25. The Morgan fingerprint density at radius 1 is 0.640 bits per heavy atom. The third-order valence-corrected chi connectivity index (χ3v) is 9.38. The first kappa shape index (κ1) is 17.9. The summed E-state index contributed by atoms with van der Waals surface area (Å²) in [5.74, 6) is 0.694. The molecule has 0 aliphatic rings. The summed E-state index contributed by atoms with van der Waals surface area (Å²) in [6.07, 6.45) is 2.29. The zero-order valence-electron chi connectivity index (χ0n) is 15.5. The summed E-state index contributed by atoms with van der Waals surface area (Å²) in [4.78, 5) is 0. The number of rotatable bonds is 6. The molecule has 0 nitrogen and oxygen atoms in total. The Morgan fingerprint density at radius 2 is 1.08 bits per heavy atom. The molecule has 0 spiro atoms. The van der Waals surface area contributed by atoms with Gasteiger partial charge in [0.25, 0.3) is 0 Å². The van der Waals surface area contributed by atoms with E-state index in [0.717, 1.165) is 12.6 Å². The van der Waals surface area contributed by atoms with Crippen LogP contribution in [0, 0.1) is 5.92 Å². The lowest BCUT2D eigenvalue weighted by Crippen LogP contribution is -2.32. The monoisotopic (exact) mass is 347 g/mol. The quantitative estimate of drug-likeness (QED) is 0.538. The first-order valence-corrected chi connectivity index (χ1v) is 11.2. The van der Waals surface area contributed by atoms with Crippen molar-refractivity contribution in [2.75, 3.05) is 6.16 Å². The zero-order chi connectivity index (χ0) is 17.7. The largest absolute Gasteiger partial charge is 0.0625 e. The minimum absolute atomic E-state index is 0.694. The highest BCUT2D eigenvalue weighted by molar-refractivity contribution is 7.95. The second kappa shape index (κ2) is 7.98. The molecule has 0 N–H and O–H groups in total. The second-order valence-electron chi connectivity index (χ2n) is 7.06. The highest BCUT2D eigenvalue weighted by Crippen LogP contribution is 2.54. The van der Waals surface area contributed by atoms with Crippen molar-refractivity contribution in [2.45, 2.75) is 27.2 Å². The molecule has 0 fully saturated rings. The minimum atomic E-state index is -1.59. The first-order chi connectivity index (χ1) is 12.2. The fourth-order valence-corrected chi connectivity index (χ4v) is 7.73. The third kappa shape index (κ3) is 3.70. The normalized spacial score (nSPS) is 11.7. The lowest BCUT2D eigenvalue weighted by Gasteiger charge is -2.37. The molecule has 0 unspecified atom stereocenters. The van der Waals surface area contributed by atoms with Gasteiger partial charge >= 0.3 is 0 Å². The van der Waals surface area contributed by atoms with Gasteiger partial charge in [0.2, 0.25) is 0 Å². The summed E-state index contributed by atoms with van der Waals surface area (Å²) in [6.45, 7) is 6.91. The van der Waals surface area contributed by atoms with Crippen LogP contribution < -0.4 is 15.9 Å². The van der Waals surface area contributed by atoms with E-state index in [-0.39, 0.29) is 0 Å². The highest BCUT2D eigenvalue weighted by atomic mass is 31.2. The van der Waals surface area contributed by atoms with Gasteiger partial charge in [0, 0.05) is 0 Å². The molecule has 0 heterocycles. The van der Waals surface area contributed by atoms with Crippen molar-refractivity contribution >= 4 is 23.2 Å². The molecule has 25 heavy (non-hydrogen) atoms. The lowest BCUT2D eigenvalue weighted by atomic mass is 10.0. The molecular formula is C24H28P. The Bertz CT molecular complexity index is 734. The molecule has 0 saturated carbocycles. The van der Waals surface area contributed by atoms with Gasteiger partial charge in [-0.05, 0) is 47.2 Å². The van der Waals surface area contributed by atoms with Gasteiger partial charge < -0.3 is 0 Å². The number of hydrogen-bond donors (Lipinski definition) is 0. The number of benzene rings is 3. The van der Waals surface area contributed by atoms with Gasteiger partial charge in [0.1, 0.15) is 0 Å². The molecule has 1 heteroatoms. The third-order valence-electron chi connectivity index (χ3n) is 4.89. The summed E-state index contributed by atoms with van der Waals surface area (Å²) in [5, 5.41) is 4.43. The summed E-state index contributed by atoms with van der Waals surface area (Å²) >= 11 is 0. The van der Waals surface area contributed by atoms with Crippen LogP contribution in [0.4, 0.5) is 0 Å². The maximum atomic E-state index is 2.38. The van der Waals surface area contributed by atoms with Gasteiger partial charge in [-0.3, -0.25) is 0 Å². The van der Waals surface area contributed by atoms with E-state index in [1.165, 1.54) is 21.5 Å². The Morgan fingerprint density at radius 3 is 1.48 bits per heavy atom. The molecule has 1 radical (unpaired) electrons. The minimum Gasteiger partial charge on any atom is -0.0625 e. The van der Waals surface area contributed by atoms with Crippen LogP contribution >= 0.6 is 7.26 Å². The summed E-state index contributed by atoms with van der Waals surface area (Å²) in [6, 6.07) is 31.6. The topological polar surface area (TPSA) is 0 Å². The molecule has 0 aliphatic carbocycles. The Hall–Kier alpha value is -1.91. The predicted molar refractivity (Wildman–Crippen MR) is 114 cm³/mol. The van der Waals surface area contributed by atoms with Crippen LogP contribution in [-0.4, -0.2) is 6.16 Å². The summed E-state index contributed by atoms with van der Waals surface area (Å²) in [7, 11) is -1.59. The van der Waals surface area contributed by atoms with E-state index < -0.39 is 7.26 Å². The van der Waals surface area contributed by atoms with Crippen molar-refractivity contribution in [3.8, 4) is 0 Å². The lowest BCUT2D eigenvalue weighted by molar-refractivity contribution is 0.647.